The number of methoxy groups -OCH3 is 3. The lowest BCUT2D eigenvalue weighted by Crippen LogP contribution is -2.06. The van der Waals surface area contributed by atoms with E-state index in [-0.39, 0.29) is 5.78 Å². The fraction of sp³-hybridized carbons (Fsp3) is 0.143. The number of benzene rings is 3. The molecule has 2 aromatic heterocycles. The van der Waals surface area contributed by atoms with Crippen molar-refractivity contribution in [3.05, 3.63) is 83.3 Å². The summed E-state index contributed by atoms with van der Waals surface area (Å²) in [5.74, 6) is 1.49. The molecule has 0 aliphatic rings. The SMILES string of the molecule is COc1cc(C(=O)/C(=C\c2c(C)[nH]c3ccccc23)c2nc3ccccc3[nH]2)cc(OC)c1OC. The highest BCUT2D eigenvalue weighted by Crippen LogP contribution is 2.39. The number of carbonyl (C=O) groups is 1. The Labute approximate surface area is 202 Å². The minimum absolute atomic E-state index is 0.229. The molecule has 5 aromatic rings. The zero-order valence-corrected chi connectivity index (χ0v) is 19.9. The van der Waals surface area contributed by atoms with Gasteiger partial charge < -0.3 is 24.2 Å². The molecule has 0 unspecified atom stereocenters. The van der Waals surface area contributed by atoms with E-state index in [0.717, 1.165) is 33.2 Å². The summed E-state index contributed by atoms with van der Waals surface area (Å²) in [6, 6.07) is 19.0. The van der Waals surface area contributed by atoms with Crippen molar-refractivity contribution in [3.63, 3.8) is 0 Å². The number of fused-ring (bicyclic) bond motifs is 2. The van der Waals surface area contributed by atoms with Crippen LogP contribution in [-0.4, -0.2) is 42.1 Å². The third-order valence-electron chi connectivity index (χ3n) is 6.05. The second kappa shape index (κ2) is 9.02. The molecule has 0 aliphatic carbocycles. The van der Waals surface area contributed by atoms with E-state index in [9.17, 15) is 4.79 Å². The van der Waals surface area contributed by atoms with E-state index < -0.39 is 0 Å². The van der Waals surface area contributed by atoms with Crippen molar-refractivity contribution in [3.8, 4) is 17.2 Å². The van der Waals surface area contributed by atoms with Gasteiger partial charge in [0.2, 0.25) is 5.75 Å². The first-order valence-corrected chi connectivity index (χ1v) is 11.1. The molecule has 35 heavy (non-hydrogen) atoms. The van der Waals surface area contributed by atoms with Crippen LogP contribution in [0, 0.1) is 6.92 Å². The van der Waals surface area contributed by atoms with E-state index in [1.807, 2.05) is 61.5 Å². The smallest absolute Gasteiger partial charge is 0.203 e. The Morgan fingerprint density at radius 1 is 0.857 bits per heavy atom. The Bertz CT molecular complexity index is 1530. The number of nitrogens with zero attached hydrogens (tertiary/aromatic N) is 1. The van der Waals surface area contributed by atoms with Gasteiger partial charge in [-0.1, -0.05) is 30.3 Å². The summed E-state index contributed by atoms with van der Waals surface area (Å²) >= 11 is 0. The zero-order chi connectivity index (χ0) is 24.5. The average molecular weight is 468 g/mol. The summed E-state index contributed by atoms with van der Waals surface area (Å²) in [5, 5.41) is 1.02. The lowest BCUT2D eigenvalue weighted by atomic mass is 9.98. The zero-order valence-electron chi connectivity index (χ0n) is 19.9. The number of nitrogens with one attached hydrogen (secondary N) is 2. The van der Waals surface area contributed by atoms with Gasteiger partial charge in [0.15, 0.2) is 17.3 Å². The monoisotopic (exact) mass is 467 g/mol. The maximum Gasteiger partial charge on any atom is 0.203 e. The van der Waals surface area contributed by atoms with Crippen LogP contribution in [0.1, 0.15) is 27.4 Å². The first-order valence-electron chi connectivity index (χ1n) is 11.1. The van der Waals surface area contributed by atoms with Crippen LogP contribution in [0.2, 0.25) is 0 Å². The standard InChI is InChI=1S/C28H25N3O4/c1-16-19(18-9-5-6-10-21(18)29-16)15-20(28-30-22-11-7-8-12-23(22)31-28)26(32)17-13-24(33-2)27(35-4)25(14-17)34-3/h5-15,29H,1-4H3,(H,30,31)/b20-15+. The molecule has 0 spiro atoms. The van der Waals surface area contributed by atoms with Gasteiger partial charge in [-0.05, 0) is 43.3 Å². The molecule has 176 valence electrons. The third kappa shape index (κ3) is 3.91. The molecule has 0 aliphatic heterocycles. The molecule has 0 saturated carbocycles. The van der Waals surface area contributed by atoms with E-state index in [0.29, 0.717) is 34.2 Å². The second-order valence-electron chi connectivity index (χ2n) is 8.11. The Hall–Kier alpha value is -4.52. The summed E-state index contributed by atoms with van der Waals surface area (Å²) in [4.78, 5) is 25.5. The number of aromatic nitrogens is 3. The minimum atomic E-state index is -0.229. The number of rotatable bonds is 7. The fourth-order valence-electron chi connectivity index (χ4n) is 4.32. The van der Waals surface area contributed by atoms with Gasteiger partial charge in [-0.3, -0.25) is 4.79 Å². The molecule has 0 bridgehead atoms. The highest BCUT2D eigenvalue weighted by Gasteiger charge is 2.23. The van der Waals surface area contributed by atoms with Gasteiger partial charge in [0.25, 0.3) is 0 Å². The molecule has 2 heterocycles. The number of ketones is 1. The van der Waals surface area contributed by atoms with Crippen LogP contribution in [0.5, 0.6) is 17.2 Å². The Morgan fingerprint density at radius 3 is 2.17 bits per heavy atom. The Morgan fingerprint density at radius 2 is 1.51 bits per heavy atom. The Balaban J connectivity index is 1.74. The molecule has 7 heteroatoms. The van der Waals surface area contributed by atoms with Crippen molar-refractivity contribution in [2.75, 3.05) is 21.3 Å². The third-order valence-corrected chi connectivity index (χ3v) is 6.05. The lowest BCUT2D eigenvalue weighted by Gasteiger charge is -2.14. The minimum Gasteiger partial charge on any atom is -0.493 e. The van der Waals surface area contributed by atoms with E-state index in [1.54, 1.807) is 12.1 Å². The predicted octanol–water partition coefficient (Wildman–Crippen LogP) is 5.80. The van der Waals surface area contributed by atoms with Gasteiger partial charge in [0.1, 0.15) is 5.82 Å². The number of allylic oxidation sites excluding steroid dienone is 1. The molecule has 5 rings (SSSR count). The van der Waals surface area contributed by atoms with E-state index >= 15 is 0 Å². The molecule has 0 fully saturated rings. The first kappa shape index (κ1) is 22.3. The number of Topliss-reactive ketones (excluding diaryl/α,β-unsaturated/α-hetero) is 1. The summed E-state index contributed by atoms with van der Waals surface area (Å²) < 4.78 is 16.4. The number of H-pyrrole nitrogens is 2. The van der Waals surface area contributed by atoms with E-state index in [2.05, 4.69) is 9.97 Å². The van der Waals surface area contributed by atoms with Crippen LogP contribution < -0.4 is 14.2 Å². The number of aromatic amines is 2. The number of aryl methyl sites for hydroxylation is 1. The summed E-state index contributed by atoms with van der Waals surface area (Å²) in [5.41, 5.74) is 5.32. The van der Waals surface area contributed by atoms with Gasteiger partial charge in [0, 0.05) is 27.7 Å². The summed E-state index contributed by atoms with van der Waals surface area (Å²) in [6.45, 7) is 1.99. The highest BCUT2D eigenvalue weighted by atomic mass is 16.5. The van der Waals surface area contributed by atoms with Gasteiger partial charge >= 0.3 is 0 Å². The molecule has 0 saturated heterocycles. The van der Waals surface area contributed by atoms with Gasteiger partial charge in [-0.25, -0.2) is 4.98 Å². The van der Waals surface area contributed by atoms with E-state index in [1.165, 1.54) is 21.3 Å². The van der Waals surface area contributed by atoms with Crippen LogP contribution in [-0.2, 0) is 0 Å². The molecule has 0 radical (unpaired) electrons. The molecule has 2 N–H and O–H groups in total. The normalized spacial score (nSPS) is 11.7. The molecular formula is C28H25N3O4. The van der Waals surface area contributed by atoms with Crippen molar-refractivity contribution in [2.45, 2.75) is 6.92 Å². The number of para-hydroxylation sites is 3. The van der Waals surface area contributed by atoms with Crippen molar-refractivity contribution < 1.29 is 19.0 Å². The molecule has 3 aromatic carbocycles. The van der Waals surface area contributed by atoms with Gasteiger partial charge in [0.05, 0.1) is 37.9 Å². The average Bonchev–Trinajstić information content (AvgIpc) is 3.45. The van der Waals surface area contributed by atoms with Crippen molar-refractivity contribution in [2.24, 2.45) is 0 Å². The maximum absolute atomic E-state index is 14.0. The van der Waals surface area contributed by atoms with Gasteiger partial charge in [-0.2, -0.15) is 0 Å². The maximum atomic E-state index is 14.0. The lowest BCUT2D eigenvalue weighted by molar-refractivity contribution is 0.105. The molecule has 0 amide bonds. The van der Waals surface area contributed by atoms with Crippen LogP contribution in [0.25, 0.3) is 33.6 Å². The van der Waals surface area contributed by atoms with Crippen molar-refractivity contribution >= 4 is 39.4 Å². The van der Waals surface area contributed by atoms with Crippen LogP contribution in [0.4, 0.5) is 0 Å². The number of hydrogen-bond acceptors (Lipinski definition) is 5. The molecular weight excluding hydrogens is 442 g/mol. The number of ether oxygens (including phenoxy) is 3. The van der Waals surface area contributed by atoms with Crippen LogP contribution in [0.15, 0.2) is 60.7 Å². The largest absolute Gasteiger partial charge is 0.493 e. The topological polar surface area (TPSA) is 89.2 Å². The van der Waals surface area contributed by atoms with Crippen LogP contribution >= 0.6 is 0 Å². The molecule has 7 nitrogen and oxygen atoms in total. The summed E-state index contributed by atoms with van der Waals surface area (Å²) in [6.07, 6.45) is 1.89. The van der Waals surface area contributed by atoms with E-state index in [4.69, 9.17) is 19.2 Å². The summed E-state index contributed by atoms with van der Waals surface area (Å²) in [7, 11) is 4.58. The number of imidazole rings is 1. The Kier molecular flexibility index (Phi) is 5.74. The van der Waals surface area contributed by atoms with Crippen LogP contribution in [0.3, 0.4) is 0 Å². The predicted molar refractivity (Wildman–Crippen MR) is 137 cm³/mol. The quantitative estimate of drug-likeness (QED) is 0.233. The number of hydrogen-bond donors (Lipinski definition) is 2. The van der Waals surface area contributed by atoms with Crippen molar-refractivity contribution in [1.82, 2.24) is 15.0 Å². The molecule has 0 atom stereocenters. The fourth-order valence-corrected chi connectivity index (χ4v) is 4.32. The first-order chi connectivity index (χ1) is 17.0. The second-order valence-corrected chi connectivity index (χ2v) is 8.11. The number of carbonyl (C=O) groups excluding carboxylic acids is 1. The van der Waals surface area contributed by atoms with Crippen molar-refractivity contribution in [1.29, 1.82) is 0 Å². The van der Waals surface area contributed by atoms with Gasteiger partial charge in [-0.15, -0.1) is 0 Å². The highest BCUT2D eigenvalue weighted by molar-refractivity contribution is 6.32.